The third-order valence-corrected chi connectivity index (χ3v) is 4.33. The predicted octanol–water partition coefficient (Wildman–Crippen LogP) is 2.21. The van der Waals surface area contributed by atoms with Crippen LogP contribution < -0.4 is 0 Å². The molecule has 0 radical (unpaired) electrons. The van der Waals surface area contributed by atoms with E-state index in [9.17, 15) is 22.6 Å². The van der Waals surface area contributed by atoms with Gasteiger partial charge in [0.15, 0.2) is 0 Å². The number of aromatic carboxylic acids is 1. The molecule has 0 spiro atoms. The van der Waals surface area contributed by atoms with Crippen molar-refractivity contribution in [3.05, 3.63) is 29.3 Å². The second kappa shape index (κ2) is 9.68. The maximum atomic E-state index is 12.3. The Balaban J connectivity index is 0.00000576. The number of carboxylic acids is 1. The molecular formula is C16H23NaO7S. The van der Waals surface area contributed by atoms with Crippen LogP contribution in [0.5, 0.6) is 0 Å². The first-order valence-electron chi connectivity index (χ1n) is 7.49. The van der Waals surface area contributed by atoms with E-state index < -0.39 is 38.6 Å². The Hall–Kier alpha value is -0.930. The maximum absolute atomic E-state index is 12.3. The van der Waals surface area contributed by atoms with Crippen molar-refractivity contribution < 1.29 is 32.4 Å². The Bertz CT molecular complexity index is 726. The molecule has 0 aliphatic rings. The molecule has 0 aromatic heterocycles. The number of esters is 1. The van der Waals surface area contributed by atoms with E-state index in [1.807, 2.05) is 27.7 Å². The summed E-state index contributed by atoms with van der Waals surface area (Å²) in [4.78, 5) is 22.5. The van der Waals surface area contributed by atoms with Crippen LogP contribution in [0.15, 0.2) is 23.1 Å². The molecule has 7 nitrogen and oxygen atoms in total. The Morgan fingerprint density at radius 1 is 1.16 bits per heavy atom. The topological polar surface area (TPSA) is 118 Å². The molecule has 136 valence electrons. The van der Waals surface area contributed by atoms with Gasteiger partial charge in [-0.15, -0.1) is 0 Å². The quantitative estimate of drug-likeness (QED) is 0.422. The number of carbonyl (C=O) groups is 2. The van der Waals surface area contributed by atoms with Crippen LogP contribution in [0.2, 0.25) is 0 Å². The van der Waals surface area contributed by atoms with Crippen molar-refractivity contribution in [2.75, 3.05) is 0 Å². The van der Waals surface area contributed by atoms with E-state index in [1.165, 1.54) is 0 Å². The van der Waals surface area contributed by atoms with Gasteiger partial charge in [0, 0.05) is 0 Å². The van der Waals surface area contributed by atoms with Crippen LogP contribution in [-0.2, 0) is 14.9 Å². The summed E-state index contributed by atoms with van der Waals surface area (Å²) in [5, 5.41) is 8.93. The monoisotopic (exact) mass is 382 g/mol. The molecule has 9 heteroatoms. The normalized spacial score (nSPS) is 12.6. The Morgan fingerprint density at radius 2 is 1.72 bits per heavy atom. The van der Waals surface area contributed by atoms with Gasteiger partial charge in [-0.1, -0.05) is 27.7 Å². The van der Waals surface area contributed by atoms with Crippen molar-refractivity contribution in [3.8, 4) is 0 Å². The van der Waals surface area contributed by atoms with E-state index in [4.69, 9.17) is 9.84 Å². The molecule has 0 aliphatic carbocycles. The third kappa shape index (κ3) is 7.07. The van der Waals surface area contributed by atoms with E-state index in [1.54, 1.807) is 0 Å². The predicted molar refractivity (Wildman–Crippen MR) is 93.9 cm³/mol. The van der Waals surface area contributed by atoms with Crippen LogP contribution in [0.1, 0.15) is 54.8 Å². The van der Waals surface area contributed by atoms with Gasteiger partial charge in [0.05, 0.1) is 11.1 Å². The van der Waals surface area contributed by atoms with Gasteiger partial charge in [-0.2, -0.15) is 8.42 Å². The first-order chi connectivity index (χ1) is 10.9. The molecule has 1 unspecified atom stereocenters. The van der Waals surface area contributed by atoms with Gasteiger partial charge in [-0.3, -0.25) is 4.55 Å². The van der Waals surface area contributed by atoms with Crippen LogP contribution in [0.3, 0.4) is 0 Å². The van der Waals surface area contributed by atoms with Crippen LogP contribution in [0, 0.1) is 11.8 Å². The second-order valence-corrected chi connectivity index (χ2v) is 7.70. The molecular weight excluding hydrogens is 359 g/mol. The first kappa shape index (κ1) is 24.1. The van der Waals surface area contributed by atoms with E-state index in [2.05, 4.69) is 0 Å². The summed E-state index contributed by atoms with van der Waals surface area (Å²) in [6, 6.07) is 2.85. The van der Waals surface area contributed by atoms with Gasteiger partial charge in [0.1, 0.15) is 11.0 Å². The van der Waals surface area contributed by atoms with E-state index >= 15 is 0 Å². The number of hydrogen-bond donors (Lipinski definition) is 2. The third-order valence-electron chi connectivity index (χ3n) is 3.43. The van der Waals surface area contributed by atoms with Gasteiger partial charge in [0.25, 0.3) is 10.1 Å². The average Bonchev–Trinajstić information content (AvgIpc) is 2.44. The van der Waals surface area contributed by atoms with Crippen molar-refractivity contribution in [2.24, 2.45) is 11.8 Å². The molecule has 1 rings (SSSR count). The SMILES string of the molecule is CC(C)CC(OC(=O)c1ccc(C(=O)O)cc1S(=O)(=O)O)C(C)C.[NaH]. The van der Waals surface area contributed by atoms with Crippen molar-refractivity contribution in [1.29, 1.82) is 0 Å². The zero-order chi connectivity index (χ0) is 18.7. The molecule has 0 heterocycles. The van der Waals surface area contributed by atoms with E-state index in [0.717, 1.165) is 18.2 Å². The summed E-state index contributed by atoms with van der Waals surface area (Å²) in [5.41, 5.74) is -0.751. The summed E-state index contributed by atoms with van der Waals surface area (Å²) >= 11 is 0. The second-order valence-electron chi connectivity index (χ2n) is 6.31. The molecule has 0 saturated heterocycles. The number of carbonyl (C=O) groups excluding carboxylic acids is 1. The molecule has 1 aromatic rings. The molecule has 0 aliphatic heterocycles. The number of benzene rings is 1. The summed E-state index contributed by atoms with van der Waals surface area (Å²) in [6.07, 6.45) is 0.170. The number of ether oxygens (including phenoxy) is 1. The summed E-state index contributed by atoms with van der Waals surface area (Å²) in [5.74, 6) is -2.01. The number of carboxylic acid groups (broad SMARTS) is 1. The summed E-state index contributed by atoms with van der Waals surface area (Å²) in [7, 11) is -4.78. The van der Waals surface area contributed by atoms with Crippen LogP contribution in [0.4, 0.5) is 0 Å². The number of hydrogen-bond acceptors (Lipinski definition) is 5. The molecule has 1 atom stereocenters. The van der Waals surface area contributed by atoms with Crippen LogP contribution in [0.25, 0.3) is 0 Å². The first-order valence-corrected chi connectivity index (χ1v) is 8.93. The molecule has 0 amide bonds. The minimum absolute atomic E-state index is 0. The Kier molecular flexibility index (Phi) is 9.32. The fourth-order valence-electron chi connectivity index (χ4n) is 2.16. The number of rotatable bonds is 7. The van der Waals surface area contributed by atoms with Crippen molar-refractivity contribution in [2.45, 2.75) is 45.1 Å². The fourth-order valence-corrected chi connectivity index (χ4v) is 2.86. The standard InChI is InChI=1S/C16H22O7S.Na.H/c1-9(2)7-13(10(3)4)23-16(19)12-6-5-11(15(17)18)8-14(12)24(20,21)22;;/h5-6,8-10,13H,7H2,1-4H3,(H,17,18)(H,20,21,22);;. The van der Waals surface area contributed by atoms with Gasteiger partial charge in [0.2, 0.25) is 0 Å². The zero-order valence-electron chi connectivity index (χ0n) is 14.0. The zero-order valence-corrected chi connectivity index (χ0v) is 14.8. The van der Waals surface area contributed by atoms with Crippen molar-refractivity contribution in [3.63, 3.8) is 0 Å². The Morgan fingerprint density at radius 3 is 2.12 bits per heavy atom. The Labute approximate surface area is 169 Å². The van der Waals surface area contributed by atoms with Gasteiger partial charge >= 0.3 is 41.5 Å². The van der Waals surface area contributed by atoms with Crippen molar-refractivity contribution in [1.82, 2.24) is 0 Å². The summed E-state index contributed by atoms with van der Waals surface area (Å²) < 4.78 is 37.6. The van der Waals surface area contributed by atoms with Gasteiger partial charge < -0.3 is 9.84 Å². The van der Waals surface area contributed by atoms with Crippen LogP contribution >= 0.6 is 0 Å². The molecule has 0 bridgehead atoms. The molecule has 1 aromatic carbocycles. The van der Waals surface area contributed by atoms with Crippen LogP contribution in [-0.4, -0.2) is 65.7 Å². The average molecular weight is 382 g/mol. The minimum atomic E-state index is -4.78. The summed E-state index contributed by atoms with van der Waals surface area (Å²) in [6.45, 7) is 7.68. The molecule has 0 fully saturated rings. The molecule has 0 saturated carbocycles. The van der Waals surface area contributed by atoms with E-state index in [-0.39, 0.29) is 47.0 Å². The molecule has 25 heavy (non-hydrogen) atoms. The van der Waals surface area contributed by atoms with E-state index in [0.29, 0.717) is 6.42 Å². The fraction of sp³-hybridized carbons (Fsp3) is 0.500. The van der Waals surface area contributed by atoms with Crippen molar-refractivity contribution >= 4 is 51.6 Å². The van der Waals surface area contributed by atoms with Gasteiger partial charge in [-0.05, 0) is 36.5 Å². The van der Waals surface area contributed by atoms with Gasteiger partial charge in [-0.25, -0.2) is 9.59 Å². The molecule has 2 N–H and O–H groups in total.